The van der Waals surface area contributed by atoms with Gasteiger partial charge in [-0.15, -0.1) is 10.2 Å². The lowest BCUT2D eigenvalue weighted by Gasteiger charge is -2.11. The van der Waals surface area contributed by atoms with Crippen molar-refractivity contribution in [2.24, 2.45) is 5.10 Å². The van der Waals surface area contributed by atoms with E-state index >= 15 is 0 Å². The molecule has 0 aliphatic rings. The first-order valence-electron chi connectivity index (χ1n) is 10.3. The number of amides is 1. The molecule has 2 aromatic heterocycles. The monoisotopic (exact) mass is 458 g/mol. The van der Waals surface area contributed by atoms with Gasteiger partial charge in [-0.2, -0.15) is 5.10 Å². The molecule has 0 atom stereocenters. The molecular formula is C24H22N6O2S. The van der Waals surface area contributed by atoms with E-state index in [0.29, 0.717) is 23.3 Å². The average Bonchev–Trinajstić information content (AvgIpc) is 3.29. The summed E-state index contributed by atoms with van der Waals surface area (Å²) in [5, 5.41) is 13.3. The molecule has 4 rings (SSSR count). The maximum absolute atomic E-state index is 12.3. The summed E-state index contributed by atoms with van der Waals surface area (Å²) in [6.45, 7) is 2.54. The van der Waals surface area contributed by atoms with Gasteiger partial charge in [0.25, 0.3) is 5.91 Å². The topological polar surface area (TPSA) is 94.3 Å². The van der Waals surface area contributed by atoms with Gasteiger partial charge in [0.2, 0.25) is 0 Å². The molecular weight excluding hydrogens is 436 g/mol. The van der Waals surface area contributed by atoms with Crippen LogP contribution in [0, 0.1) is 0 Å². The van der Waals surface area contributed by atoms with Crippen molar-refractivity contribution in [2.75, 3.05) is 12.4 Å². The lowest BCUT2D eigenvalue weighted by molar-refractivity contribution is -0.118. The van der Waals surface area contributed by atoms with Crippen molar-refractivity contribution in [3.05, 3.63) is 84.7 Å². The lowest BCUT2D eigenvalue weighted by atomic mass is 10.2. The Morgan fingerprint density at radius 3 is 2.58 bits per heavy atom. The molecule has 0 fully saturated rings. The number of carbonyl (C=O) groups excluding carboxylic acids is 1. The molecule has 0 aliphatic carbocycles. The highest BCUT2D eigenvalue weighted by atomic mass is 32.2. The van der Waals surface area contributed by atoms with Gasteiger partial charge in [0.1, 0.15) is 5.75 Å². The van der Waals surface area contributed by atoms with E-state index in [2.05, 4.69) is 25.7 Å². The molecule has 2 aromatic carbocycles. The van der Waals surface area contributed by atoms with Gasteiger partial charge in [-0.25, -0.2) is 5.43 Å². The molecule has 0 spiro atoms. The second kappa shape index (κ2) is 11.1. The Bertz CT molecular complexity index is 1210. The first-order valence-corrected chi connectivity index (χ1v) is 11.3. The van der Waals surface area contributed by atoms with Gasteiger partial charge in [-0.05, 0) is 43.3 Å². The van der Waals surface area contributed by atoms with E-state index in [9.17, 15) is 4.79 Å². The minimum Gasteiger partial charge on any atom is -0.494 e. The smallest absolute Gasteiger partial charge is 0.250 e. The molecule has 0 radical (unpaired) electrons. The van der Waals surface area contributed by atoms with Crippen LogP contribution in [0.2, 0.25) is 0 Å². The van der Waals surface area contributed by atoms with Gasteiger partial charge in [-0.1, -0.05) is 48.2 Å². The van der Waals surface area contributed by atoms with Crippen LogP contribution in [-0.2, 0) is 4.79 Å². The Labute approximate surface area is 195 Å². The molecule has 9 heteroatoms. The molecule has 33 heavy (non-hydrogen) atoms. The van der Waals surface area contributed by atoms with Crippen LogP contribution in [0.25, 0.3) is 17.1 Å². The molecule has 0 aliphatic heterocycles. The number of hydrogen-bond acceptors (Lipinski definition) is 7. The van der Waals surface area contributed by atoms with Gasteiger partial charge in [0.15, 0.2) is 11.0 Å². The number of aromatic nitrogens is 4. The Kier molecular flexibility index (Phi) is 7.44. The molecule has 166 valence electrons. The molecule has 2 heterocycles. The summed E-state index contributed by atoms with van der Waals surface area (Å²) in [7, 11) is 0. The molecule has 0 saturated carbocycles. The fourth-order valence-corrected chi connectivity index (χ4v) is 3.76. The third-order valence-corrected chi connectivity index (χ3v) is 5.41. The van der Waals surface area contributed by atoms with E-state index in [1.165, 1.54) is 18.0 Å². The van der Waals surface area contributed by atoms with Crippen LogP contribution in [0.4, 0.5) is 0 Å². The van der Waals surface area contributed by atoms with E-state index in [4.69, 9.17) is 4.74 Å². The van der Waals surface area contributed by atoms with E-state index < -0.39 is 0 Å². The number of hydrogen-bond donors (Lipinski definition) is 1. The minimum absolute atomic E-state index is 0.128. The summed E-state index contributed by atoms with van der Waals surface area (Å²) in [6.07, 6.45) is 3.16. The number of nitrogens with zero attached hydrogens (tertiary/aromatic N) is 5. The second-order valence-electron chi connectivity index (χ2n) is 6.77. The average molecular weight is 459 g/mol. The predicted octanol–water partition coefficient (Wildman–Crippen LogP) is 3.97. The lowest BCUT2D eigenvalue weighted by Crippen LogP contribution is -2.20. The summed E-state index contributed by atoms with van der Waals surface area (Å²) in [4.78, 5) is 16.4. The van der Waals surface area contributed by atoms with Crippen LogP contribution in [-0.4, -0.2) is 44.2 Å². The van der Waals surface area contributed by atoms with Gasteiger partial charge in [-0.3, -0.25) is 14.3 Å². The van der Waals surface area contributed by atoms with Gasteiger partial charge < -0.3 is 4.74 Å². The van der Waals surface area contributed by atoms with E-state index in [0.717, 1.165) is 17.0 Å². The maximum atomic E-state index is 12.3. The van der Waals surface area contributed by atoms with Crippen molar-refractivity contribution in [1.29, 1.82) is 0 Å². The zero-order valence-electron chi connectivity index (χ0n) is 18.0. The van der Waals surface area contributed by atoms with Gasteiger partial charge >= 0.3 is 0 Å². The summed E-state index contributed by atoms with van der Waals surface area (Å²) in [6, 6.07) is 23.0. The predicted molar refractivity (Wildman–Crippen MR) is 129 cm³/mol. The normalized spacial score (nSPS) is 10.9. The van der Waals surface area contributed by atoms with Gasteiger partial charge in [0.05, 0.1) is 24.3 Å². The van der Waals surface area contributed by atoms with Crippen LogP contribution in [0.1, 0.15) is 12.6 Å². The van der Waals surface area contributed by atoms with Crippen LogP contribution in [0.5, 0.6) is 5.75 Å². The van der Waals surface area contributed by atoms with E-state index in [1.807, 2.05) is 78.2 Å². The number of hydrazone groups is 1. The Hall–Kier alpha value is -3.98. The van der Waals surface area contributed by atoms with Crippen molar-refractivity contribution >= 4 is 23.9 Å². The number of ether oxygens (including phenoxy) is 1. The second-order valence-corrected chi connectivity index (χ2v) is 7.71. The van der Waals surface area contributed by atoms with Crippen LogP contribution >= 0.6 is 11.8 Å². The Morgan fingerprint density at radius 2 is 1.85 bits per heavy atom. The summed E-state index contributed by atoms with van der Waals surface area (Å²) in [5.74, 6) is 1.35. The fraction of sp³-hybridized carbons (Fsp3) is 0.125. The number of nitrogens with one attached hydrogen (secondary N) is 1. The third kappa shape index (κ3) is 5.83. The third-order valence-electron chi connectivity index (χ3n) is 4.48. The van der Waals surface area contributed by atoms with E-state index in [1.54, 1.807) is 12.3 Å². The highest BCUT2D eigenvalue weighted by Crippen LogP contribution is 2.28. The standard InChI is InChI=1S/C24H22N6O2S/c1-2-32-21-13-11-20(12-14-21)30-23(18-8-4-3-5-9-18)28-29-24(30)33-17-22(31)27-26-16-19-10-6-7-15-25-19/h3-16H,2,17H2,1H3,(H,27,31)/b26-16+. The van der Waals surface area contributed by atoms with Crippen molar-refractivity contribution in [3.63, 3.8) is 0 Å². The number of carbonyl (C=O) groups is 1. The summed E-state index contributed by atoms with van der Waals surface area (Å²) < 4.78 is 7.49. The van der Waals surface area contributed by atoms with Crippen molar-refractivity contribution in [1.82, 2.24) is 25.2 Å². The number of benzene rings is 2. The first-order chi connectivity index (χ1) is 16.2. The molecule has 8 nitrogen and oxygen atoms in total. The van der Waals surface area contributed by atoms with E-state index in [-0.39, 0.29) is 11.7 Å². The van der Waals surface area contributed by atoms with Crippen molar-refractivity contribution in [2.45, 2.75) is 12.1 Å². The molecule has 0 saturated heterocycles. The highest BCUT2D eigenvalue weighted by molar-refractivity contribution is 7.99. The number of thioether (sulfide) groups is 1. The molecule has 1 amide bonds. The van der Waals surface area contributed by atoms with Crippen LogP contribution in [0.3, 0.4) is 0 Å². The number of pyridine rings is 1. The summed E-state index contributed by atoms with van der Waals surface area (Å²) in [5.41, 5.74) is 4.98. The van der Waals surface area contributed by atoms with Gasteiger partial charge in [0, 0.05) is 17.4 Å². The first kappa shape index (κ1) is 22.2. The summed E-state index contributed by atoms with van der Waals surface area (Å²) >= 11 is 1.28. The fourth-order valence-electron chi connectivity index (χ4n) is 3.01. The zero-order chi connectivity index (χ0) is 22.9. The Balaban J connectivity index is 1.52. The quantitative estimate of drug-likeness (QED) is 0.232. The molecule has 1 N–H and O–H groups in total. The molecule has 4 aromatic rings. The van der Waals surface area contributed by atoms with Crippen LogP contribution in [0.15, 0.2) is 89.3 Å². The largest absolute Gasteiger partial charge is 0.494 e. The van der Waals surface area contributed by atoms with Crippen molar-refractivity contribution < 1.29 is 9.53 Å². The minimum atomic E-state index is -0.255. The SMILES string of the molecule is CCOc1ccc(-n2c(SCC(=O)N/N=C/c3ccccn3)nnc2-c2ccccc2)cc1. The zero-order valence-corrected chi connectivity index (χ0v) is 18.8. The highest BCUT2D eigenvalue weighted by Gasteiger charge is 2.17. The van der Waals surface area contributed by atoms with Crippen LogP contribution < -0.4 is 10.2 Å². The molecule has 0 bridgehead atoms. The maximum Gasteiger partial charge on any atom is 0.250 e. The molecule has 0 unspecified atom stereocenters. The Morgan fingerprint density at radius 1 is 1.06 bits per heavy atom. The van der Waals surface area contributed by atoms with Crippen molar-refractivity contribution in [3.8, 4) is 22.8 Å². The number of rotatable bonds is 9.